The fourth-order valence-corrected chi connectivity index (χ4v) is 2.12. The molecule has 2 N–H and O–H groups in total. The Morgan fingerprint density at radius 3 is 2.40 bits per heavy atom. The first-order valence-electron chi connectivity index (χ1n) is 5.67. The molecule has 1 fully saturated rings. The molecule has 0 aliphatic heterocycles. The topological polar surface area (TPSA) is 66.4 Å². The SMILES string of the molecule is CCCNC(=O)[C@H]1CCCC[C@H]1C(=O)O. The molecule has 2 atom stereocenters. The zero-order valence-electron chi connectivity index (χ0n) is 9.16. The smallest absolute Gasteiger partial charge is 0.307 e. The van der Waals surface area contributed by atoms with Gasteiger partial charge in [0, 0.05) is 6.54 Å². The van der Waals surface area contributed by atoms with E-state index in [0.29, 0.717) is 19.4 Å². The first-order valence-corrected chi connectivity index (χ1v) is 5.67. The van der Waals surface area contributed by atoms with Crippen molar-refractivity contribution >= 4 is 11.9 Å². The standard InChI is InChI=1S/C11H19NO3/c1-2-7-12-10(13)8-5-3-4-6-9(8)11(14)15/h8-9H,2-7H2,1H3,(H,12,13)(H,14,15)/t8-,9+/m0/s1. The molecule has 0 spiro atoms. The third-order valence-corrected chi connectivity index (χ3v) is 2.97. The Labute approximate surface area is 90.0 Å². The highest BCUT2D eigenvalue weighted by molar-refractivity contribution is 5.84. The Balaban J connectivity index is 2.55. The van der Waals surface area contributed by atoms with Gasteiger partial charge in [0.15, 0.2) is 0 Å². The molecule has 1 aliphatic carbocycles. The van der Waals surface area contributed by atoms with Crippen LogP contribution in [0.25, 0.3) is 0 Å². The second-order valence-electron chi connectivity index (χ2n) is 4.13. The van der Waals surface area contributed by atoms with E-state index in [9.17, 15) is 9.59 Å². The molecule has 1 aliphatic rings. The zero-order valence-corrected chi connectivity index (χ0v) is 9.16. The lowest BCUT2D eigenvalue weighted by Gasteiger charge is -2.27. The Hall–Kier alpha value is -1.06. The zero-order chi connectivity index (χ0) is 11.3. The molecule has 0 aromatic carbocycles. The highest BCUT2D eigenvalue weighted by Gasteiger charge is 2.35. The summed E-state index contributed by atoms with van der Waals surface area (Å²) < 4.78 is 0. The van der Waals surface area contributed by atoms with Crippen LogP contribution in [0.1, 0.15) is 39.0 Å². The van der Waals surface area contributed by atoms with Crippen LogP contribution in [0.4, 0.5) is 0 Å². The molecule has 86 valence electrons. The largest absolute Gasteiger partial charge is 0.481 e. The normalized spacial score (nSPS) is 25.9. The predicted octanol–water partition coefficient (Wildman–Crippen LogP) is 1.40. The van der Waals surface area contributed by atoms with Crippen molar-refractivity contribution < 1.29 is 14.7 Å². The molecule has 0 unspecified atom stereocenters. The Morgan fingerprint density at radius 1 is 1.27 bits per heavy atom. The van der Waals surface area contributed by atoms with E-state index in [-0.39, 0.29) is 11.8 Å². The van der Waals surface area contributed by atoms with Gasteiger partial charge in [0.05, 0.1) is 11.8 Å². The number of aliphatic carboxylic acids is 1. The minimum atomic E-state index is -0.827. The van der Waals surface area contributed by atoms with Crippen LogP contribution in [0, 0.1) is 11.8 Å². The second kappa shape index (κ2) is 5.73. The quantitative estimate of drug-likeness (QED) is 0.742. The van der Waals surface area contributed by atoms with Crippen LogP contribution in [-0.2, 0) is 9.59 Å². The van der Waals surface area contributed by atoms with Crippen LogP contribution in [-0.4, -0.2) is 23.5 Å². The van der Waals surface area contributed by atoms with Gasteiger partial charge < -0.3 is 10.4 Å². The van der Waals surface area contributed by atoms with Crippen LogP contribution in [0.2, 0.25) is 0 Å². The average Bonchev–Trinajstić information content (AvgIpc) is 2.25. The number of hydrogen-bond acceptors (Lipinski definition) is 2. The molecule has 0 aromatic rings. The average molecular weight is 213 g/mol. The van der Waals surface area contributed by atoms with E-state index in [0.717, 1.165) is 19.3 Å². The second-order valence-corrected chi connectivity index (χ2v) is 4.13. The van der Waals surface area contributed by atoms with Crippen LogP contribution >= 0.6 is 0 Å². The van der Waals surface area contributed by atoms with Crippen molar-refractivity contribution in [1.82, 2.24) is 5.32 Å². The van der Waals surface area contributed by atoms with Gasteiger partial charge in [-0.1, -0.05) is 19.8 Å². The third-order valence-electron chi connectivity index (χ3n) is 2.97. The number of carbonyl (C=O) groups is 2. The van der Waals surface area contributed by atoms with E-state index in [1.807, 2.05) is 6.92 Å². The fraction of sp³-hybridized carbons (Fsp3) is 0.818. The molecule has 0 radical (unpaired) electrons. The molecule has 15 heavy (non-hydrogen) atoms. The van der Waals surface area contributed by atoms with Gasteiger partial charge in [0.25, 0.3) is 0 Å². The van der Waals surface area contributed by atoms with Crippen LogP contribution in [0.3, 0.4) is 0 Å². The molecule has 1 saturated carbocycles. The van der Waals surface area contributed by atoms with Crippen LogP contribution in [0.5, 0.6) is 0 Å². The summed E-state index contributed by atoms with van der Waals surface area (Å²) in [6, 6.07) is 0. The lowest BCUT2D eigenvalue weighted by atomic mass is 9.79. The molecule has 0 bridgehead atoms. The molecule has 4 heteroatoms. The summed E-state index contributed by atoms with van der Waals surface area (Å²) in [6.07, 6.45) is 4.13. The molecule has 0 aromatic heterocycles. The molecule has 0 saturated heterocycles. The van der Waals surface area contributed by atoms with E-state index in [4.69, 9.17) is 5.11 Å². The molecule has 1 amide bonds. The molecular formula is C11H19NO3. The van der Waals surface area contributed by atoms with Gasteiger partial charge in [-0.2, -0.15) is 0 Å². The number of carboxylic acids is 1. The van der Waals surface area contributed by atoms with E-state index >= 15 is 0 Å². The van der Waals surface area contributed by atoms with Crippen molar-refractivity contribution in [2.45, 2.75) is 39.0 Å². The molecule has 1 rings (SSSR count). The number of nitrogens with one attached hydrogen (secondary N) is 1. The number of amides is 1. The Morgan fingerprint density at radius 2 is 1.87 bits per heavy atom. The van der Waals surface area contributed by atoms with Crippen molar-refractivity contribution in [1.29, 1.82) is 0 Å². The fourth-order valence-electron chi connectivity index (χ4n) is 2.12. The highest BCUT2D eigenvalue weighted by Crippen LogP contribution is 2.30. The maximum Gasteiger partial charge on any atom is 0.307 e. The molecule has 4 nitrogen and oxygen atoms in total. The lowest BCUT2D eigenvalue weighted by molar-refractivity contribution is -0.148. The lowest BCUT2D eigenvalue weighted by Crippen LogP contribution is -2.39. The summed E-state index contributed by atoms with van der Waals surface area (Å²) in [5.41, 5.74) is 0. The Bertz CT molecular complexity index is 240. The summed E-state index contributed by atoms with van der Waals surface area (Å²) in [4.78, 5) is 22.7. The van der Waals surface area contributed by atoms with E-state index in [1.54, 1.807) is 0 Å². The van der Waals surface area contributed by atoms with Crippen molar-refractivity contribution in [3.8, 4) is 0 Å². The van der Waals surface area contributed by atoms with Crippen molar-refractivity contribution in [3.05, 3.63) is 0 Å². The van der Waals surface area contributed by atoms with E-state index < -0.39 is 11.9 Å². The van der Waals surface area contributed by atoms with Gasteiger partial charge in [-0.05, 0) is 19.3 Å². The number of carboxylic acid groups (broad SMARTS) is 1. The van der Waals surface area contributed by atoms with Gasteiger partial charge in [-0.25, -0.2) is 0 Å². The van der Waals surface area contributed by atoms with Gasteiger partial charge >= 0.3 is 5.97 Å². The van der Waals surface area contributed by atoms with Crippen molar-refractivity contribution in [2.75, 3.05) is 6.54 Å². The van der Waals surface area contributed by atoms with Gasteiger partial charge in [-0.3, -0.25) is 9.59 Å². The summed E-state index contributed by atoms with van der Waals surface area (Å²) in [6.45, 7) is 2.62. The minimum Gasteiger partial charge on any atom is -0.481 e. The van der Waals surface area contributed by atoms with Crippen LogP contribution in [0.15, 0.2) is 0 Å². The Kier molecular flexibility index (Phi) is 4.59. The van der Waals surface area contributed by atoms with Gasteiger partial charge in [0.2, 0.25) is 5.91 Å². The van der Waals surface area contributed by atoms with Crippen LogP contribution < -0.4 is 5.32 Å². The number of rotatable bonds is 4. The first kappa shape index (κ1) is 12.0. The summed E-state index contributed by atoms with van der Waals surface area (Å²) in [5.74, 6) is -1.70. The van der Waals surface area contributed by atoms with Gasteiger partial charge in [0.1, 0.15) is 0 Å². The van der Waals surface area contributed by atoms with Crippen molar-refractivity contribution in [3.63, 3.8) is 0 Å². The molecule has 0 heterocycles. The van der Waals surface area contributed by atoms with Gasteiger partial charge in [-0.15, -0.1) is 0 Å². The van der Waals surface area contributed by atoms with E-state index in [2.05, 4.69) is 5.32 Å². The van der Waals surface area contributed by atoms with Crippen molar-refractivity contribution in [2.24, 2.45) is 11.8 Å². The summed E-state index contributed by atoms with van der Waals surface area (Å²) in [7, 11) is 0. The highest BCUT2D eigenvalue weighted by atomic mass is 16.4. The predicted molar refractivity (Wildman–Crippen MR) is 56.4 cm³/mol. The first-order chi connectivity index (χ1) is 7.16. The number of hydrogen-bond donors (Lipinski definition) is 2. The maximum absolute atomic E-state index is 11.7. The summed E-state index contributed by atoms with van der Waals surface area (Å²) >= 11 is 0. The monoisotopic (exact) mass is 213 g/mol. The molecular weight excluding hydrogens is 194 g/mol. The maximum atomic E-state index is 11.7. The van der Waals surface area contributed by atoms with E-state index in [1.165, 1.54) is 0 Å². The number of carbonyl (C=O) groups excluding carboxylic acids is 1. The summed E-state index contributed by atoms with van der Waals surface area (Å²) in [5, 5.41) is 11.8. The minimum absolute atomic E-state index is 0.0797. The third kappa shape index (κ3) is 3.22.